The SMILES string of the molecule is Cc1cccc(-c2ncc3n2C(C)CCC3)c1. The number of fused-ring (bicyclic) bond motifs is 1. The zero-order chi connectivity index (χ0) is 11.8. The van der Waals surface area contributed by atoms with E-state index in [1.165, 1.54) is 36.1 Å². The molecule has 0 saturated carbocycles. The summed E-state index contributed by atoms with van der Waals surface area (Å²) in [7, 11) is 0. The molecule has 1 atom stereocenters. The molecular formula is C15H18N2. The largest absolute Gasteiger partial charge is 0.325 e. The molecule has 1 aliphatic heterocycles. The lowest BCUT2D eigenvalue weighted by Gasteiger charge is -2.24. The number of benzene rings is 1. The van der Waals surface area contributed by atoms with Crippen LogP contribution in [-0.2, 0) is 6.42 Å². The Morgan fingerprint density at radius 1 is 1.35 bits per heavy atom. The molecule has 1 aliphatic rings. The third kappa shape index (κ3) is 1.78. The smallest absolute Gasteiger partial charge is 0.140 e. The average Bonchev–Trinajstić information content (AvgIpc) is 2.74. The summed E-state index contributed by atoms with van der Waals surface area (Å²) in [5.41, 5.74) is 3.92. The van der Waals surface area contributed by atoms with E-state index >= 15 is 0 Å². The van der Waals surface area contributed by atoms with Crippen LogP contribution in [0.15, 0.2) is 30.5 Å². The summed E-state index contributed by atoms with van der Waals surface area (Å²) in [5.74, 6) is 1.14. The van der Waals surface area contributed by atoms with Gasteiger partial charge < -0.3 is 4.57 Å². The molecule has 0 saturated heterocycles. The second-order valence-corrected chi connectivity index (χ2v) is 5.05. The number of aryl methyl sites for hydroxylation is 2. The lowest BCUT2D eigenvalue weighted by Crippen LogP contribution is -2.15. The second kappa shape index (κ2) is 4.02. The minimum atomic E-state index is 0.580. The quantitative estimate of drug-likeness (QED) is 0.724. The summed E-state index contributed by atoms with van der Waals surface area (Å²) in [6, 6.07) is 9.20. The Kier molecular flexibility index (Phi) is 2.50. The van der Waals surface area contributed by atoms with Gasteiger partial charge in [0.2, 0.25) is 0 Å². The molecule has 0 radical (unpaired) electrons. The maximum absolute atomic E-state index is 4.62. The highest BCUT2D eigenvalue weighted by Gasteiger charge is 2.20. The maximum Gasteiger partial charge on any atom is 0.140 e. The first-order valence-corrected chi connectivity index (χ1v) is 6.39. The lowest BCUT2D eigenvalue weighted by atomic mass is 10.0. The van der Waals surface area contributed by atoms with E-state index in [9.17, 15) is 0 Å². The zero-order valence-corrected chi connectivity index (χ0v) is 10.5. The van der Waals surface area contributed by atoms with Crippen LogP contribution in [-0.4, -0.2) is 9.55 Å². The molecule has 3 rings (SSSR count). The van der Waals surface area contributed by atoms with Crippen molar-refractivity contribution in [2.75, 3.05) is 0 Å². The van der Waals surface area contributed by atoms with Crippen molar-refractivity contribution >= 4 is 0 Å². The number of hydrogen-bond donors (Lipinski definition) is 0. The fourth-order valence-corrected chi connectivity index (χ4v) is 2.78. The van der Waals surface area contributed by atoms with Crippen LogP contribution >= 0.6 is 0 Å². The van der Waals surface area contributed by atoms with E-state index in [4.69, 9.17) is 0 Å². The van der Waals surface area contributed by atoms with Crippen LogP contribution in [0, 0.1) is 6.92 Å². The highest BCUT2D eigenvalue weighted by molar-refractivity contribution is 5.57. The molecule has 2 heterocycles. The normalized spacial score (nSPS) is 19.1. The number of aromatic nitrogens is 2. The van der Waals surface area contributed by atoms with Gasteiger partial charge in [0, 0.05) is 23.5 Å². The van der Waals surface area contributed by atoms with E-state index in [1.54, 1.807) is 0 Å². The first-order chi connectivity index (χ1) is 8.25. The Morgan fingerprint density at radius 2 is 2.24 bits per heavy atom. The highest BCUT2D eigenvalue weighted by Crippen LogP contribution is 2.31. The molecular weight excluding hydrogens is 208 g/mol. The molecule has 0 N–H and O–H groups in total. The number of rotatable bonds is 1. The van der Waals surface area contributed by atoms with Crippen molar-refractivity contribution in [1.82, 2.24) is 9.55 Å². The van der Waals surface area contributed by atoms with Gasteiger partial charge in [-0.05, 0) is 39.2 Å². The van der Waals surface area contributed by atoms with Crippen LogP contribution in [0.3, 0.4) is 0 Å². The molecule has 0 fully saturated rings. The summed E-state index contributed by atoms with van der Waals surface area (Å²) < 4.78 is 2.41. The van der Waals surface area contributed by atoms with Crippen LogP contribution in [0.4, 0.5) is 0 Å². The van der Waals surface area contributed by atoms with Crippen molar-refractivity contribution < 1.29 is 0 Å². The van der Waals surface area contributed by atoms with Crippen molar-refractivity contribution in [3.05, 3.63) is 41.7 Å². The monoisotopic (exact) mass is 226 g/mol. The summed E-state index contributed by atoms with van der Waals surface area (Å²) >= 11 is 0. The fourth-order valence-electron chi connectivity index (χ4n) is 2.78. The Hall–Kier alpha value is -1.57. The Balaban J connectivity index is 2.13. The minimum absolute atomic E-state index is 0.580. The van der Waals surface area contributed by atoms with Crippen molar-refractivity contribution in [3.8, 4) is 11.4 Å². The van der Waals surface area contributed by atoms with Crippen molar-refractivity contribution in [1.29, 1.82) is 0 Å². The molecule has 0 bridgehead atoms. The first kappa shape index (κ1) is 10.6. The van der Waals surface area contributed by atoms with Gasteiger partial charge in [-0.1, -0.05) is 23.8 Å². The summed E-state index contributed by atoms with van der Waals surface area (Å²) in [4.78, 5) is 4.62. The van der Waals surface area contributed by atoms with Gasteiger partial charge in [0.1, 0.15) is 5.82 Å². The third-order valence-electron chi connectivity index (χ3n) is 3.65. The maximum atomic E-state index is 4.62. The second-order valence-electron chi connectivity index (χ2n) is 5.05. The van der Waals surface area contributed by atoms with E-state index < -0.39 is 0 Å². The van der Waals surface area contributed by atoms with Gasteiger partial charge in [0.25, 0.3) is 0 Å². The molecule has 1 unspecified atom stereocenters. The van der Waals surface area contributed by atoms with E-state index in [0.717, 1.165) is 5.82 Å². The summed E-state index contributed by atoms with van der Waals surface area (Å²) in [5, 5.41) is 0. The molecule has 2 heteroatoms. The molecule has 2 aromatic rings. The third-order valence-corrected chi connectivity index (χ3v) is 3.65. The summed E-state index contributed by atoms with van der Waals surface area (Å²) in [6.45, 7) is 4.43. The average molecular weight is 226 g/mol. The molecule has 2 nitrogen and oxygen atoms in total. The molecule has 88 valence electrons. The summed E-state index contributed by atoms with van der Waals surface area (Å²) in [6.07, 6.45) is 5.78. The van der Waals surface area contributed by atoms with Gasteiger partial charge in [0.15, 0.2) is 0 Å². The first-order valence-electron chi connectivity index (χ1n) is 6.39. The number of nitrogens with zero attached hydrogens (tertiary/aromatic N) is 2. The number of hydrogen-bond acceptors (Lipinski definition) is 1. The van der Waals surface area contributed by atoms with Crippen molar-refractivity contribution in [2.45, 2.75) is 39.2 Å². The van der Waals surface area contributed by atoms with Gasteiger partial charge in [0.05, 0.1) is 0 Å². The molecule has 1 aromatic carbocycles. The van der Waals surface area contributed by atoms with Gasteiger partial charge in [-0.15, -0.1) is 0 Å². The predicted octanol–water partition coefficient (Wildman–Crippen LogP) is 3.76. The minimum Gasteiger partial charge on any atom is -0.325 e. The molecule has 0 aliphatic carbocycles. The zero-order valence-electron chi connectivity index (χ0n) is 10.5. The standard InChI is InChI=1S/C15H18N2/c1-11-5-3-7-13(9-11)15-16-10-14-8-4-6-12(2)17(14)15/h3,5,7,9-10,12H,4,6,8H2,1-2H3. The van der Waals surface area contributed by atoms with Crippen LogP contribution < -0.4 is 0 Å². The van der Waals surface area contributed by atoms with E-state index in [-0.39, 0.29) is 0 Å². The lowest BCUT2D eigenvalue weighted by molar-refractivity contribution is 0.436. The Morgan fingerprint density at radius 3 is 3.06 bits per heavy atom. The molecule has 17 heavy (non-hydrogen) atoms. The fraction of sp³-hybridized carbons (Fsp3) is 0.400. The highest BCUT2D eigenvalue weighted by atomic mass is 15.1. The van der Waals surface area contributed by atoms with Crippen LogP contribution in [0.25, 0.3) is 11.4 Å². The Labute approximate surface area is 102 Å². The number of imidazole rings is 1. The van der Waals surface area contributed by atoms with Crippen LogP contribution in [0.2, 0.25) is 0 Å². The van der Waals surface area contributed by atoms with Gasteiger partial charge in [-0.2, -0.15) is 0 Å². The van der Waals surface area contributed by atoms with Crippen LogP contribution in [0.1, 0.15) is 37.1 Å². The topological polar surface area (TPSA) is 17.8 Å². The van der Waals surface area contributed by atoms with Gasteiger partial charge in [-0.25, -0.2) is 4.98 Å². The Bertz CT molecular complexity index is 540. The van der Waals surface area contributed by atoms with E-state index in [0.29, 0.717) is 6.04 Å². The van der Waals surface area contributed by atoms with E-state index in [2.05, 4.69) is 47.7 Å². The van der Waals surface area contributed by atoms with Crippen molar-refractivity contribution in [2.24, 2.45) is 0 Å². The van der Waals surface area contributed by atoms with Crippen molar-refractivity contribution in [3.63, 3.8) is 0 Å². The predicted molar refractivity (Wildman–Crippen MR) is 70.0 cm³/mol. The molecule has 1 aromatic heterocycles. The van der Waals surface area contributed by atoms with Gasteiger partial charge in [-0.3, -0.25) is 0 Å². The van der Waals surface area contributed by atoms with Gasteiger partial charge >= 0.3 is 0 Å². The van der Waals surface area contributed by atoms with Crippen LogP contribution in [0.5, 0.6) is 0 Å². The van der Waals surface area contributed by atoms with E-state index in [1.807, 2.05) is 6.20 Å². The molecule has 0 amide bonds. The molecule has 0 spiro atoms.